The van der Waals surface area contributed by atoms with Gasteiger partial charge in [0.05, 0.1) is 13.1 Å². The highest BCUT2D eigenvalue weighted by atomic mass is 16.5. The highest BCUT2D eigenvalue weighted by molar-refractivity contribution is 5.77. The van der Waals surface area contributed by atoms with E-state index < -0.39 is 0 Å². The SMILES string of the molecule is CNC(=O)CN1CCC(NC(=O)N2CCCOC(c3ccccc3)C2)CC1. The monoisotopic (exact) mass is 374 g/mol. The molecule has 0 bridgehead atoms. The highest BCUT2D eigenvalue weighted by Crippen LogP contribution is 2.22. The largest absolute Gasteiger partial charge is 0.372 e. The zero-order valence-corrected chi connectivity index (χ0v) is 16.0. The van der Waals surface area contributed by atoms with Gasteiger partial charge in [-0.3, -0.25) is 9.69 Å². The van der Waals surface area contributed by atoms with Gasteiger partial charge in [-0.25, -0.2) is 4.79 Å². The molecule has 7 nitrogen and oxygen atoms in total. The molecule has 1 atom stereocenters. The topological polar surface area (TPSA) is 73.9 Å². The third-order valence-electron chi connectivity index (χ3n) is 5.30. The average molecular weight is 374 g/mol. The van der Waals surface area contributed by atoms with E-state index in [2.05, 4.69) is 15.5 Å². The number of hydrogen-bond acceptors (Lipinski definition) is 4. The smallest absolute Gasteiger partial charge is 0.317 e. The van der Waals surface area contributed by atoms with Gasteiger partial charge in [0.25, 0.3) is 0 Å². The molecule has 0 radical (unpaired) electrons. The minimum atomic E-state index is -0.0751. The maximum atomic E-state index is 12.8. The molecule has 27 heavy (non-hydrogen) atoms. The molecule has 3 amide bonds. The summed E-state index contributed by atoms with van der Waals surface area (Å²) in [6.07, 6.45) is 2.51. The summed E-state index contributed by atoms with van der Waals surface area (Å²) >= 11 is 0. The van der Waals surface area contributed by atoms with Crippen molar-refractivity contribution < 1.29 is 14.3 Å². The summed E-state index contributed by atoms with van der Waals surface area (Å²) in [5.74, 6) is 0.0361. The molecule has 2 fully saturated rings. The Morgan fingerprint density at radius 3 is 2.59 bits per heavy atom. The van der Waals surface area contributed by atoms with Gasteiger partial charge in [-0.15, -0.1) is 0 Å². The van der Waals surface area contributed by atoms with Crippen molar-refractivity contribution in [2.75, 3.05) is 46.4 Å². The maximum absolute atomic E-state index is 12.8. The van der Waals surface area contributed by atoms with Crippen LogP contribution in [0.3, 0.4) is 0 Å². The number of urea groups is 1. The maximum Gasteiger partial charge on any atom is 0.317 e. The summed E-state index contributed by atoms with van der Waals surface area (Å²) in [5.41, 5.74) is 1.11. The molecule has 2 N–H and O–H groups in total. The van der Waals surface area contributed by atoms with Crippen molar-refractivity contribution in [2.24, 2.45) is 0 Å². The number of carbonyl (C=O) groups is 2. The van der Waals surface area contributed by atoms with Crippen LogP contribution >= 0.6 is 0 Å². The van der Waals surface area contributed by atoms with Crippen LogP contribution < -0.4 is 10.6 Å². The quantitative estimate of drug-likeness (QED) is 0.835. The molecule has 7 heteroatoms. The Morgan fingerprint density at radius 1 is 1.15 bits per heavy atom. The van der Waals surface area contributed by atoms with Gasteiger partial charge in [0.15, 0.2) is 0 Å². The minimum Gasteiger partial charge on any atom is -0.372 e. The van der Waals surface area contributed by atoms with E-state index in [1.54, 1.807) is 7.05 Å². The van der Waals surface area contributed by atoms with Crippen LogP contribution in [-0.4, -0.2) is 74.2 Å². The highest BCUT2D eigenvalue weighted by Gasteiger charge is 2.27. The molecule has 2 heterocycles. The summed E-state index contributed by atoms with van der Waals surface area (Å²) in [6.45, 7) is 4.04. The van der Waals surface area contributed by atoms with Crippen LogP contribution in [0.5, 0.6) is 0 Å². The number of hydrogen-bond donors (Lipinski definition) is 2. The molecule has 3 rings (SSSR count). The van der Waals surface area contributed by atoms with Crippen molar-refractivity contribution in [1.29, 1.82) is 0 Å². The number of carbonyl (C=O) groups excluding carboxylic acids is 2. The van der Waals surface area contributed by atoms with Crippen LogP contribution in [0.1, 0.15) is 30.9 Å². The van der Waals surface area contributed by atoms with Gasteiger partial charge in [0.1, 0.15) is 6.10 Å². The number of ether oxygens (including phenoxy) is 1. The molecule has 2 aliphatic rings. The Labute approximate surface area is 161 Å². The third kappa shape index (κ3) is 5.68. The van der Waals surface area contributed by atoms with Gasteiger partial charge in [-0.1, -0.05) is 30.3 Å². The molecule has 1 aromatic carbocycles. The summed E-state index contributed by atoms with van der Waals surface area (Å²) in [5, 5.41) is 5.83. The van der Waals surface area contributed by atoms with Crippen molar-refractivity contribution in [3.63, 3.8) is 0 Å². The van der Waals surface area contributed by atoms with Crippen LogP contribution in [0.15, 0.2) is 30.3 Å². The Kier molecular flexibility index (Phi) is 7.06. The van der Waals surface area contributed by atoms with E-state index in [1.807, 2.05) is 35.2 Å². The first-order valence-corrected chi connectivity index (χ1v) is 9.80. The lowest BCUT2D eigenvalue weighted by Gasteiger charge is -2.33. The number of nitrogens with zero attached hydrogens (tertiary/aromatic N) is 2. The lowest BCUT2D eigenvalue weighted by molar-refractivity contribution is -0.122. The first-order valence-electron chi connectivity index (χ1n) is 9.80. The molecule has 2 aliphatic heterocycles. The third-order valence-corrected chi connectivity index (χ3v) is 5.30. The van der Waals surface area contributed by atoms with Crippen LogP contribution in [0.25, 0.3) is 0 Å². The zero-order valence-electron chi connectivity index (χ0n) is 16.0. The van der Waals surface area contributed by atoms with E-state index in [0.717, 1.165) is 37.9 Å². The van der Waals surface area contributed by atoms with Crippen molar-refractivity contribution in [3.05, 3.63) is 35.9 Å². The molecule has 0 aliphatic carbocycles. The van der Waals surface area contributed by atoms with E-state index in [-0.39, 0.29) is 24.1 Å². The Bertz CT molecular complexity index is 617. The molecule has 1 aromatic rings. The van der Waals surface area contributed by atoms with E-state index in [1.165, 1.54) is 0 Å². The standard InChI is InChI=1S/C20H30N4O3/c1-21-19(25)15-23-11-8-17(9-12-23)22-20(26)24-10-5-13-27-18(14-24)16-6-3-2-4-7-16/h2-4,6-7,17-18H,5,8-15H2,1H3,(H,21,25)(H,22,26). The van der Waals surface area contributed by atoms with Crippen molar-refractivity contribution in [2.45, 2.75) is 31.4 Å². The van der Waals surface area contributed by atoms with Gasteiger partial charge in [-0.05, 0) is 24.8 Å². The Morgan fingerprint density at radius 2 is 1.89 bits per heavy atom. The number of likely N-dealkylation sites (tertiary alicyclic amines) is 1. The van der Waals surface area contributed by atoms with Gasteiger partial charge in [0, 0.05) is 39.3 Å². The second-order valence-electron chi connectivity index (χ2n) is 7.24. The van der Waals surface area contributed by atoms with E-state index in [9.17, 15) is 9.59 Å². The summed E-state index contributed by atoms with van der Waals surface area (Å²) in [6, 6.07) is 10.2. The molecule has 0 saturated carbocycles. The van der Waals surface area contributed by atoms with Crippen LogP contribution in [-0.2, 0) is 9.53 Å². The number of benzene rings is 1. The van der Waals surface area contributed by atoms with Crippen LogP contribution in [0.2, 0.25) is 0 Å². The van der Waals surface area contributed by atoms with Gasteiger partial charge < -0.3 is 20.3 Å². The van der Waals surface area contributed by atoms with Crippen molar-refractivity contribution in [3.8, 4) is 0 Å². The Balaban J connectivity index is 1.49. The summed E-state index contributed by atoms with van der Waals surface area (Å²) in [4.78, 5) is 28.3. The predicted molar refractivity (Wildman–Crippen MR) is 103 cm³/mol. The lowest BCUT2D eigenvalue weighted by Crippen LogP contribution is -2.51. The fourth-order valence-electron chi connectivity index (χ4n) is 3.66. The fourth-order valence-corrected chi connectivity index (χ4v) is 3.66. The van der Waals surface area contributed by atoms with Gasteiger partial charge in [-0.2, -0.15) is 0 Å². The summed E-state index contributed by atoms with van der Waals surface area (Å²) < 4.78 is 5.95. The predicted octanol–water partition coefficient (Wildman–Crippen LogP) is 1.37. The van der Waals surface area contributed by atoms with Crippen molar-refractivity contribution in [1.82, 2.24) is 20.4 Å². The van der Waals surface area contributed by atoms with Gasteiger partial charge in [0.2, 0.25) is 5.91 Å². The van der Waals surface area contributed by atoms with Crippen LogP contribution in [0, 0.1) is 0 Å². The molecule has 1 unspecified atom stereocenters. The molecular formula is C20H30N4O3. The molecule has 0 aromatic heterocycles. The first kappa shape index (κ1) is 19.6. The molecular weight excluding hydrogens is 344 g/mol. The van der Waals surface area contributed by atoms with E-state index >= 15 is 0 Å². The molecule has 0 spiro atoms. The lowest BCUT2D eigenvalue weighted by atomic mass is 10.1. The second-order valence-corrected chi connectivity index (χ2v) is 7.24. The number of piperidine rings is 1. The normalized spacial score (nSPS) is 22.1. The van der Waals surface area contributed by atoms with E-state index in [4.69, 9.17) is 4.74 Å². The first-order chi connectivity index (χ1) is 13.2. The fraction of sp³-hybridized carbons (Fsp3) is 0.600. The number of likely N-dealkylation sites (N-methyl/N-ethyl adjacent to an activating group) is 1. The average Bonchev–Trinajstić information content (AvgIpc) is 2.96. The number of amides is 3. The van der Waals surface area contributed by atoms with Crippen LogP contribution in [0.4, 0.5) is 4.79 Å². The van der Waals surface area contributed by atoms with Gasteiger partial charge >= 0.3 is 6.03 Å². The minimum absolute atomic E-state index is 0.00816. The number of nitrogens with one attached hydrogen (secondary N) is 2. The molecule has 2 saturated heterocycles. The van der Waals surface area contributed by atoms with Crippen molar-refractivity contribution >= 4 is 11.9 Å². The zero-order chi connectivity index (χ0) is 19.1. The Hall–Kier alpha value is -2.12. The second kappa shape index (κ2) is 9.71. The summed E-state index contributed by atoms with van der Waals surface area (Å²) in [7, 11) is 1.66. The molecule has 148 valence electrons. The van der Waals surface area contributed by atoms with E-state index in [0.29, 0.717) is 26.2 Å². The number of rotatable bonds is 4.